The predicted octanol–water partition coefficient (Wildman–Crippen LogP) is 2.87. The minimum absolute atomic E-state index is 0.302. The van der Waals surface area contributed by atoms with Gasteiger partial charge in [0.25, 0.3) is 0 Å². The van der Waals surface area contributed by atoms with Crippen molar-refractivity contribution >= 4 is 17.3 Å². The molecule has 17 heavy (non-hydrogen) atoms. The van der Waals surface area contributed by atoms with Gasteiger partial charge in [0.05, 0.1) is 11.7 Å². The van der Waals surface area contributed by atoms with E-state index in [1.807, 2.05) is 12.4 Å². The summed E-state index contributed by atoms with van der Waals surface area (Å²) in [6.45, 7) is 0. The lowest BCUT2D eigenvalue weighted by Crippen LogP contribution is -2.14. The second-order valence-corrected chi connectivity index (χ2v) is 5.96. The van der Waals surface area contributed by atoms with E-state index in [1.54, 1.807) is 12.1 Å². The van der Waals surface area contributed by atoms with Gasteiger partial charge in [-0.3, -0.25) is 0 Å². The molecule has 1 N–H and O–H groups in total. The van der Waals surface area contributed by atoms with Crippen molar-refractivity contribution in [3.63, 3.8) is 0 Å². The van der Waals surface area contributed by atoms with Gasteiger partial charge < -0.3 is 9.51 Å². The standard InChI is InChI=1S/C13H16N2OS/c16-11-4-5-15-10(7-11)9-14-13(15)8-12-3-1-2-6-17-12/h4-5,7,9,12,16H,1-3,6,8H2. The first-order chi connectivity index (χ1) is 8.33. The number of aromatic hydroxyl groups is 1. The van der Waals surface area contributed by atoms with Gasteiger partial charge in [0.1, 0.15) is 11.6 Å². The van der Waals surface area contributed by atoms with Crippen molar-refractivity contribution < 1.29 is 5.11 Å². The fraction of sp³-hybridized carbons (Fsp3) is 0.462. The zero-order valence-corrected chi connectivity index (χ0v) is 10.5. The average molecular weight is 248 g/mol. The summed E-state index contributed by atoms with van der Waals surface area (Å²) in [5.41, 5.74) is 0.973. The van der Waals surface area contributed by atoms with E-state index < -0.39 is 0 Å². The topological polar surface area (TPSA) is 37.5 Å². The van der Waals surface area contributed by atoms with Crippen LogP contribution in [0.4, 0.5) is 0 Å². The van der Waals surface area contributed by atoms with Gasteiger partial charge in [0.2, 0.25) is 0 Å². The molecule has 90 valence electrons. The third-order valence-electron chi connectivity index (χ3n) is 3.28. The van der Waals surface area contributed by atoms with E-state index in [0.29, 0.717) is 11.0 Å². The number of nitrogens with zero attached hydrogens (tertiary/aromatic N) is 2. The molecule has 0 radical (unpaired) electrons. The summed E-state index contributed by atoms with van der Waals surface area (Å²) in [4.78, 5) is 4.47. The fourth-order valence-electron chi connectivity index (χ4n) is 2.37. The maximum atomic E-state index is 9.42. The lowest BCUT2D eigenvalue weighted by atomic mass is 10.1. The highest BCUT2D eigenvalue weighted by Gasteiger charge is 2.16. The number of rotatable bonds is 2. The largest absolute Gasteiger partial charge is 0.508 e. The van der Waals surface area contributed by atoms with Crippen LogP contribution in [0.3, 0.4) is 0 Å². The minimum Gasteiger partial charge on any atom is -0.508 e. The summed E-state index contributed by atoms with van der Waals surface area (Å²) in [6.07, 6.45) is 8.78. The second-order valence-electron chi connectivity index (χ2n) is 4.55. The van der Waals surface area contributed by atoms with Crippen LogP contribution in [0.5, 0.6) is 5.75 Å². The SMILES string of the molecule is Oc1ccn2c(CC3CCCCS3)ncc2c1. The van der Waals surface area contributed by atoms with E-state index in [1.165, 1.54) is 25.0 Å². The van der Waals surface area contributed by atoms with Crippen LogP contribution in [0.2, 0.25) is 0 Å². The monoisotopic (exact) mass is 248 g/mol. The molecule has 0 amide bonds. The summed E-state index contributed by atoms with van der Waals surface area (Å²) in [6, 6.07) is 3.47. The van der Waals surface area contributed by atoms with Crippen molar-refractivity contribution in [2.24, 2.45) is 0 Å². The molecule has 0 spiro atoms. The molecule has 1 aliphatic rings. The van der Waals surface area contributed by atoms with Gasteiger partial charge in [0.15, 0.2) is 0 Å². The highest BCUT2D eigenvalue weighted by molar-refractivity contribution is 7.99. The molecule has 1 saturated heterocycles. The van der Waals surface area contributed by atoms with Crippen molar-refractivity contribution in [2.45, 2.75) is 30.9 Å². The first-order valence-corrected chi connectivity index (χ1v) is 7.14. The first-order valence-electron chi connectivity index (χ1n) is 6.09. The van der Waals surface area contributed by atoms with Crippen LogP contribution in [0.1, 0.15) is 25.1 Å². The molecule has 1 fully saturated rings. The minimum atomic E-state index is 0.302. The van der Waals surface area contributed by atoms with E-state index in [2.05, 4.69) is 21.1 Å². The van der Waals surface area contributed by atoms with Gasteiger partial charge >= 0.3 is 0 Å². The van der Waals surface area contributed by atoms with E-state index in [-0.39, 0.29) is 0 Å². The van der Waals surface area contributed by atoms with Crippen LogP contribution in [0.15, 0.2) is 24.5 Å². The smallest absolute Gasteiger partial charge is 0.119 e. The molecule has 2 aromatic rings. The Bertz CT molecular complexity index is 517. The molecule has 3 heterocycles. The number of aromatic nitrogens is 2. The van der Waals surface area contributed by atoms with Gasteiger partial charge in [-0.1, -0.05) is 6.42 Å². The molecule has 1 unspecified atom stereocenters. The molecule has 0 saturated carbocycles. The molecule has 1 aliphatic heterocycles. The third-order valence-corrected chi connectivity index (χ3v) is 4.67. The number of hydrogen-bond donors (Lipinski definition) is 1. The summed E-state index contributed by atoms with van der Waals surface area (Å²) < 4.78 is 2.08. The summed E-state index contributed by atoms with van der Waals surface area (Å²) in [5.74, 6) is 2.70. The van der Waals surface area contributed by atoms with E-state index >= 15 is 0 Å². The van der Waals surface area contributed by atoms with E-state index in [0.717, 1.165) is 17.8 Å². The molecule has 2 aromatic heterocycles. The molecule has 3 rings (SSSR count). The molecular weight excluding hydrogens is 232 g/mol. The van der Waals surface area contributed by atoms with Crippen molar-refractivity contribution in [2.75, 3.05) is 5.75 Å². The fourth-order valence-corrected chi connectivity index (χ4v) is 3.67. The Morgan fingerprint density at radius 1 is 1.47 bits per heavy atom. The Balaban J connectivity index is 1.84. The summed E-state index contributed by atoms with van der Waals surface area (Å²) in [5, 5.41) is 10.1. The van der Waals surface area contributed by atoms with Crippen LogP contribution >= 0.6 is 11.8 Å². The van der Waals surface area contributed by atoms with Gasteiger partial charge in [-0.2, -0.15) is 11.8 Å². The zero-order chi connectivity index (χ0) is 11.7. The number of pyridine rings is 1. The Morgan fingerprint density at radius 2 is 2.41 bits per heavy atom. The Morgan fingerprint density at radius 3 is 3.24 bits per heavy atom. The zero-order valence-electron chi connectivity index (χ0n) is 9.67. The molecule has 3 nitrogen and oxygen atoms in total. The lowest BCUT2D eigenvalue weighted by molar-refractivity contribution is 0.475. The number of hydrogen-bond acceptors (Lipinski definition) is 3. The maximum Gasteiger partial charge on any atom is 0.119 e. The molecule has 1 atom stereocenters. The Labute approximate surface area is 105 Å². The molecule has 0 bridgehead atoms. The lowest BCUT2D eigenvalue weighted by Gasteiger charge is -2.20. The van der Waals surface area contributed by atoms with Crippen LogP contribution in [0, 0.1) is 0 Å². The van der Waals surface area contributed by atoms with E-state index in [4.69, 9.17) is 0 Å². The van der Waals surface area contributed by atoms with E-state index in [9.17, 15) is 5.11 Å². The second kappa shape index (κ2) is 4.61. The van der Waals surface area contributed by atoms with Crippen molar-refractivity contribution in [3.05, 3.63) is 30.4 Å². The van der Waals surface area contributed by atoms with Gasteiger partial charge in [-0.25, -0.2) is 4.98 Å². The van der Waals surface area contributed by atoms with Gasteiger partial charge in [-0.05, 0) is 24.7 Å². The number of imidazole rings is 1. The Hall–Kier alpha value is -1.16. The third kappa shape index (κ3) is 2.27. The quantitative estimate of drug-likeness (QED) is 0.888. The molecule has 0 aliphatic carbocycles. The van der Waals surface area contributed by atoms with Crippen LogP contribution in [-0.4, -0.2) is 25.5 Å². The van der Waals surface area contributed by atoms with Gasteiger partial charge in [-0.15, -0.1) is 0 Å². The average Bonchev–Trinajstić information content (AvgIpc) is 2.73. The highest BCUT2D eigenvalue weighted by Crippen LogP contribution is 2.28. The Kier molecular flexibility index (Phi) is 2.97. The predicted molar refractivity (Wildman–Crippen MR) is 70.7 cm³/mol. The van der Waals surface area contributed by atoms with Crippen molar-refractivity contribution in [1.82, 2.24) is 9.38 Å². The summed E-state index contributed by atoms with van der Waals surface area (Å²) >= 11 is 2.07. The number of fused-ring (bicyclic) bond motifs is 1. The van der Waals surface area contributed by atoms with Crippen LogP contribution < -0.4 is 0 Å². The van der Waals surface area contributed by atoms with Crippen LogP contribution in [-0.2, 0) is 6.42 Å². The number of thioether (sulfide) groups is 1. The maximum absolute atomic E-state index is 9.42. The normalized spacial score (nSPS) is 20.8. The molecular formula is C13H16N2OS. The molecule has 4 heteroatoms. The van der Waals surface area contributed by atoms with Crippen molar-refractivity contribution in [1.29, 1.82) is 0 Å². The molecule has 0 aromatic carbocycles. The highest BCUT2D eigenvalue weighted by atomic mass is 32.2. The van der Waals surface area contributed by atoms with Crippen LogP contribution in [0.25, 0.3) is 5.52 Å². The van der Waals surface area contributed by atoms with Gasteiger partial charge in [0, 0.05) is 23.9 Å². The van der Waals surface area contributed by atoms with Crippen molar-refractivity contribution in [3.8, 4) is 5.75 Å². The summed E-state index contributed by atoms with van der Waals surface area (Å²) in [7, 11) is 0. The first kappa shape index (κ1) is 11.0.